The number of alkyl carbamates (subject to hydrolysis) is 1. The monoisotopic (exact) mass is 277 g/mol. The summed E-state index contributed by atoms with van der Waals surface area (Å²) >= 11 is 0. The fraction of sp³-hybridized carbons (Fsp3) is 0.600. The van der Waals surface area contributed by atoms with Gasteiger partial charge in [-0.25, -0.2) is 9.78 Å². The van der Waals surface area contributed by atoms with Crippen LogP contribution in [0.1, 0.15) is 33.6 Å². The molecule has 2 rings (SSSR count). The molecule has 5 heteroatoms. The van der Waals surface area contributed by atoms with Gasteiger partial charge < -0.3 is 15.0 Å². The molecule has 1 fully saturated rings. The molecule has 1 aromatic heterocycles. The minimum atomic E-state index is -0.458. The third-order valence-electron chi connectivity index (χ3n) is 3.20. The van der Waals surface area contributed by atoms with Crippen molar-refractivity contribution < 1.29 is 9.53 Å². The molecule has 1 aromatic rings. The van der Waals surface area contributed by atoms with Crippen LogP contribution in [-0.4, -0.2) is 35.8 Å². The second-order valence-electron chi connectivity index (χ2n) is 6.06. The number of nitrogens with zero attached hydrogens (tertiary/aromatic N) is 2. The molecule has 0 bridgehead atoms. The minimum absolute atomic E-state index is 0.289. The maximum Gasteiger partial charge on any atom is 0.407 e. The van der Waals surface area contributed by atoms with Crippen LogP contribution in [0.3, 0.4) is 0 Å². The Kier molecular flexibility index (Phi) is 4.47. The number of carbonyl (C=O) groups excluding carboxylic acids is 1. The molecule has 1 N–H and O–H groups in total. The van der Waals surface area contributed by atoms with Gasteiger partial charge in [0.1, 0.15) is 11.4 Å². The van der Waals surface area contributed by atoms with Gasteiger partial charge in [-0.15, -0.1) is 0 Å². The lowest BCUT2D eigenvalue weighted by Gasteiger charge is -2.26. The van der Waals surface area contributed by atoms with Crippen molar-refractivity contribution in [3.8, 4) is 0 Å². The van der Waals surface area contributed by atoms with E-state index in [4.69, 9.17) is 4.74 Å². The van der Waals surface area contributed by atoms with Crippen LogP contribution in [0.25, 0.3) is 0 Å². The van der Waals surface area contributed by atoms with Gasteiger partial charge in [0.05, 0.1) is 0 Å². The molecule has 5 nitrogen and oxygen atoms in total. The van der Waals surface area contributed by atoms with Crippen molar-refractivity contribution in [3.63, 3.8) is 0 Å². The standard InChI is InChI=1S/C15H23N3O2/c1-15(2,3)20-14(19)17-11-12-7-6-10-18(12)13-8-4-5-9-16-13/h4-5,8-9,12H,6-7,10-11H2,1-3H3,(H,17,19). The molecule has 1 aliphatic rings. The average Bonchev–Trinajstić information content (AvgIpc) is 2.83. The summed E-state index contributed by atoms with van der Waals surface area (Å²) < 4.78 is 5.25. The van der Waals surface area contributed by atoms with E-state index in [1.807, 2.05) is 39.0 Å². The molecule has 0 radical (unpaired) electrons. The topological polar surface area (TPSA) is 54.5 Å². The molecule has 20 heavy (non-hydrogen) atoms. The molecule has 1 atom stereocenters. The minimum Gasteiger partial charge on any atom is -0.444 e. The van der Waals surface area contributed by atoms with Gasteiger partial charge in [-0.2, -0.15) is 0 Å². The number of carbonyl (C=O) groups is 1. The molecule has 110 valence electrons. The summed E-state index contributed by atoms with van der Waals surface area (Å²) in [5, 5.41) is 2.85. The van der Waals surface area contributed by atoms with E-state index in [0.717, 1.165) is 25.2 Å². The molecule has 0 aromatic carbocycles. The number of hydrogen-bond acceptors (Lipinski definition) is 4. The van der Waals surface area contributed by atoms with E-state index in [-0.39, 0.29) is 12.1 Å². The van der Waals surface area contributed by atoms with E-state index >= 15 is 0 Å². The highest BCUT2D eigenvalue weighted by molar-refractivity contribution is 5.67. The molecule has 0 saturated carbocycles. The van der Waals surface area contributed by atoms with Crippen molar-refractivity contribution in [3.05, 3.63) is 24.4 Å². The van der Waals surface area contributed by atoms with Crippen LogP contribution >= 0.6 is 0 Å². The number of hydrogen-bond donors (Lipinski definition) is 1. The van der Waals surface area contributed by atoms with Gasteiger partial charge in [-0.3, -0.25) is 0 Å². The quantitative estimate of drug-likeness (QED) is 0.922. The first-order chi connectivity index (χ1) is 9.46. The molecular weight excluding hydrogens is 254 g/mol. The zero-order chi connectivity index (χ0) is 14.6. The maximum absolute atomic E-state index is 11.7. The van der Waals surface area contributed by atoms with Crippen molar-refractivity contribution in [2.24, 2.45) is 0 Å². The van der Waals surface area contributed by atoms with E-state index < -0.39 is 5.60 Å². The average molecular weight is 277 g/mol. The van der Waals surface area contributed by atoms with Crippen LogP contribution in [0.2, 0.25) is 0 Å². The maximum atomic E-state index is 11.7. The van der Waals surface area contributed by atoms with Crippen LogP contribution < -0.4 is 10.2 Å². The van der Waals surface area contributed by atoms with Gasteiger partial charge in [-0.05, 0) is 45.7 Å². The molecule has 1 amide bonds. The summed E-state index contributed by atoms with van der Waals surface area (Å²) in [7, 11) is 0. The number of pyridine rings is 1. The number of ether oxygens (including phenoxy) is 1. The number of amides is 1. The Morgan fingerprint density at radius 2 is 2.30 bits per heavy atom. The Morgan fingerprint density at radius 3 is 2.95 bits per heavy atom. The van der Waals surface area contributed by atoms with Crippen LogP contribution in [0.5, 0.6) is 0 Å². The fourth-order valence-electron chi connectivity index (χ4n) is 2.39. The lowest BCUT2D eigenvalue weighted by molar-refractivity contribution is 0.0525. The van der Waals surface area contributed by atoms with Gasteiger partial charge in [0, 0.05) is 25.3 Å². The first-order valence-corrected chi connectivity index (χ1v) is 7.10. The fourth-order valence-corrected chi connectivity index (χ4v) is 2.39. The normalized spacial score (nSPS) is 18.9. The lowest BCUT2D eigenvalue weighted by Crippen LogP contribution is -2.42. The third-order valence-corrected chi connectivity index (χ3v) is 3.20. The van der Waals surface area contributed by atoms with Crippen molar-refractivity contribution in [1.29, 1.82) is 0 Å². The SMILES string of the molecule is CC(C)(C)OC(=O)NCC1CCCN1c1ccccn1. The van der Waals surface area contributed by atoms with Gasteiger partial charge in [0.25, 0.3) is 0 Å². The van der Waals surface area contributed by atoms with E-state index in [9.17, 15) is 4.79 Å². The Balaban J connectivity index is 1.88. The van der Waals surface area contributed by atoms with Crippen molar-refractivity contribution in [1.82, 2.24) is 10.3 Å². The highest BCUT2D eigenvalue weighted by atomic mass is 16.6. The van der Waals surface area contributed by atoms with E-state index in [1.165, 1.54) is 0 Å². The van der Waals surface area contributed by atoms with Gasteiger partial charge in [-0.1, -0.05) is 6.07 Å². The van der Waals surface area contributed by atoms with E-state index in [0.29, 0.717) is 6.54 Å². The summed E-state index contributed by atoms with van der Waals surface area (Å²) in [6.07, 6.45) is 3.63. The van der Waals surface area contributed by atoms with Crippen LogP contribution in [0, 0.1) is 0 Å². The second-order valence-corrected chi connectivity index (χ2v) is 6.06. The molecule has 1 aliphatic heterocycles. The predicted octanol–water partition coefficient (Wildman–Crippen LogP) is 2.58. The number of anilines is 1. The number of rotatable bonds is 3. The highest BCUT2D eigenvalue weighted by Gasteiger charge is 2.26. The summed E-state index contributed by atoms with van der Waals surface area (Å²) in [4.78, 5) is 18.3. The number of aromatic nitrogens is 1. The zero-order valence-corrected chi connectivity index (χ0v) is 12.4. The summed E-state index contributed by atoms with van der Waals surface area (Å²) in [6.45, 7) is 7.16. The molecule has 0 aliphatic carbocycles. The zero-order valence-electron chi connectivity index (χ0n) is 12.4. The first-order valence-electron chi connectivity index (χ1n) is 7.10. The Morgan fingerprint density at radius 1 is 1.50 bits per heavy atom. The van der Waals surface area contributed by atoms with Gasteiger partial charge >= 0.3 is 6.09 Å². The Hall–Kier alpha value is -1.78. The molecule has 0 spiro atoms. The van der Waals surface area contributed by atoms with Crippen molar-refractivity contribution in [2.75, 3.05) is 18.0 Å². The molecule has 2 heterocycles. The van der Waals surface area contributed by atoms with Gasteiger partial charge in [0.15, 0.2) is 0 Å². The molecule has 1 saturated heterocycles. The van der Waals surface area contributed by atoms with Crippen LogP contribution in [0.15, 0.2) is 24.4 Å². The predicted molar refractivity (Wildman–Crippen MR) is 78.8 cm³/mol. The molecule has 1 unspecified atom stereocenters. The lowest BCUT2D eigenvalue weighted by atomic mass is 10.2. The van der Waals surface area contributed by atoms with Crippen molar-refractivity contribution in [2.45, 2.75) is 45.3 Å². The van der Waals surface area contributed by atoms with E-state index in [2.05, 4.69) is 15.2 Å². The largest absolute Gasteiger partial charge is 0.444 e. The number of nitrogens with one attached hydrogen (secondary N) is 1. The Labute approximate surface area is 120 Å². The second kappa shape index (κ2) is 6.11. The first kappa shape index (κ1) is 14.6. The third kappa shape index (κ3) is 4.11. The summed E-state index contributed by atoms with van der Waals surface area (Å²) in [5.41, 5.74) is -0.458. The van der Waals surface area contributed by atoms with E-state index in [1.54, 1.807) is 6.20 Å². The summed E-state index contributed by atoms with van der Waals surface area (Å²) in [6, 6.07) is 6.19. The van der Waals surface area contributed by atoms with Crippen molar-refractivity contribution >= 4 is 11.9 Å². The Bertz CT molecular complexity index is 442. The van der Waals surface area contributed by atoms with Crippen LogP contribution in [0.4, 0.5) is 10.6 Å². The highest BCUT2D eigenvalue weighted by Crippen LogP contribution is 2.22. The molecular formula is C15H23N3O2. The smallest absolute Gasteiger partial charge is 0.407 e. The summed E-state index contributed by atoms with van der Waals surface area (Å²) in [5.74, 6) is 0.973. The van der Waals surface area contributed by atoms with Crippen LogP contribution in [-0.2, 0) is 4.74 Å². The van der Waals surface area contributed by atoms with Gasteiger partial charge in [0.2, 0.25) is 0 Å².